The second-order valence-electron chi connectivity index (χ2n) is 5.45. The molecule has 2 aromatic heterocycles. The number of hydrogen-bond donors (Lipinski definition) is 1. The van der Waals surface area contributed by atoms with E-state index < -0.39 is 6.61 Å². The molecule has 0 amide bonds. The summed E-state index contributed by atoms with van der Waals surface area (Å²) in [6, 6.07) is 6.81. The van der Waals surface area contributed by atoms with Gasteiger partial charge >= 0.3 is 6.61 Å². The quantitative estimate of drug-likeness (QED) is 0.762. The molecule has 1 N–H and O–H groups in total. The lowest BCUT2D eigenvalue weighted by molar-refractivity contribution is -0.0494. The number of alkyl halides is 2. The third kappa shape index (κ3) is 2.78. The van der Waals surface area contributed by atoms with Crippen LogP contribution in [0.2, 0.25) is 0 Å². The maximum absolute atomic E-state index is 12.6. The number of nitrogens with one attached hydrogen (secondary N) is 1. The summed E-state index contributed by atoms with van der Waals surface area (Å²) < 4.78 is 31.6. The minimum Gasteiger partial charge on any atom is -0.434 e. The molecule has 0 bridgehead atoms. The van der Waals surface area contributed by atoms with Gasteiger partial charge in [-0.25, -0.2) is 9.67 Å². The van der Waals surface area contributed by atoms with Crippen LogP contribution < -0.4 is 4.74 Å². The molecule has 0 spiro atoms. The number of benzene rings is 1. The third-order valence-corrected chi connectivity index (χ3v) is 3.89. The Labute approximate surface area is 132 Å². The SMILES string of the molecule is CC[C@H](C)n1nc(C)c2[nH]c(-c3ccccc3OC(F)F)nc21. The Hall–Kier alpha value is -2.44. The Morgan fingerprint density at radius 3 is 2.74 bits per heavy atom. The van der Waals surface area contributed by atoms with Gasteiger partial charge in [-0.2, -0.15) is 13.9 Å². The van der Waals surface area contributed by atoms with Crippen LogP contribution in [-0.4, -0.2) is 26.4 Å². The van der Waals surface area contributed by atoms with Crippen LogP contribution >= 0.6 is 0 Å². The highest BCUT2D eigenvalue weighted by Gasteiger charge is 2.19. The summed E-state index contributed by atoms with van der Waals surface area (Å²) in [7, 11) is 0. The van der Waals surface area contributed by atoms with E-state index in [4.69, 9.17) is 0 Å². The molecule has 23 heavy (non-hydrogen) atoms. The maximum Gasteiger partial charge on any atom is 0.387 e. The fourth-order valence-electron chi connectivity index (χ4n) is 2.51. The van der Waals surface area contributed by atoms with Gasteiger partial charge in [0.15, 0.2) is 5.65 Å². The topological polar surface area (TPSA) is 55.7 Å². The van der Waals surface area contributed by atoms with Crippen molar-refractivity contribution in [1.82, 2.24) is 19.7 Å². The number of halogens is 2. The number of imidazole rings is 1. The lowest BCUT2D eigenvalue weighted by Crippen LogP contribution is -2.06. The monoisotopic (exact) mass is 320 g/mol. The van der Waals surface area contributed by atoms with Gasteiger partial charge in [-0.3, -0.25) is 0 Å². The van der Waals surface area contributed by atoms with E-state index in [0.29, 0.717) is 11.4 Å². The summed E-state index contributed by atoms with van der Waals surface area (Å²) in [4.78, 5) is 7.73. The fourth-order valence-corrected chi connectivity index (χ4v) is 2.51. The zero-order valence-corrected chi connectivity index (χ0v) is 13.2. The molecule has 0 aliphatic rings. The van der Waals surface area contributed by atoms with Crippen LogP contribution in [0.5, 0.6) is 5.75 Å². The molecule has 0 aliphatic carbocycles. The molecule has 122 valence electrons. The Morgan fingerprint density at radius 1 is 1.30 bits per heavy atom. The number of ether oxygens (including phenoxy) is 1. The van der Waals surface area contributed by atoms with Crippen molar-refractivity contribution >= 4 is 11.2 Å². The molecule has 3 rings (SSSR count). The summed E-state index contributed by atoms with van der Waals surface area (Å²) in [5.41, 5.74) is 2.86. The second-order valence-corrected chi connectivity index (χ2v) is 5.45. The van der Waals surface area contributed by atoms with Crippen molar-refractivity contribution in [2.24, 2.45) is 0 Å². The predicted octanol–water partition coefficient (Wildman–Crippen LogP) is 4.31. The van der Waals surface area contributed by atoms with E-state index in [-0.39, 0.29) is 11.8 Å². The first-order chi connectivity index (χ1) is 11.0. The van der Waals surface area contributed by atoms with Gasteiger partial charge in [0.05, 0.1) is 17.3 Å². The molecule has 0 fully saturated rings. The van der Waals surface area contributed by atoms with Crippen molar-refractivity contribution < 1.29 is 13.5 Å². The molecule has 0 saturated heterocycles. The predicted molar refractivity (Wildman–Crippen MR) is 83.7 cm³/mol. The maximum atomic E-state index is 12.6. The first-order valence-electron chi connectivity index (χ1n) is 7.50. The number of aromatic amines is 1. The molecule has 1 aromatic carbocycles. The molecule has 0 saturated carbocycles. The van der Waals surface area contributed by atoms with Crippen LogP contribution in [-0.2, 0) is 0 Å². The number of hydrogen-bond acceptors (Lipinski definition) is 3. The number of rotatable bonds is 5. The molecule has 7 heteroatoms. The van der Waals surface area contributed by atoms with E-state index in [1.54, 1.807) is 18.2 Å². The van der Waals surface area contributed by atoms with Gasteiger partial charge < -0.3 is 9.72 Å². The second kappa shape index (κ2) is 5.98. The van der Waals surface area contributed by atoms with Crippen molar-refractivity contribution in [2.45, 2.75) is 39.8 Å². The van der Waals surface area contributed by atoms with Crippen molar-refractivity contribution in [3.05, 3.63) is 30.0 Å². The summed E-state index contributed by atoms with van der Waals surface area (Å²) in [5, 5.41) is 4.50. The van der Waals surface area contributed by atoms with Crippen LogP contribution in [0.3, 0.4) is 0 Å². The van der Waals surface area contributed by atoms with Crippen molar-refractivity contribution in [2.75, 3.05) is 0 Å². The molecule has 5 nitrogen and oxygen atoms in total. The first-order valence-corrected chi connectivity index (χ1v) is 7.50. The zero-order valence-electron chi connectivity index (χ0n) is 13.2. The van der Waals surface area contributed by atoms with Gasteiger partial charge in [-0.05, 0) is 32.4 Å². The molecule has 0 aliphatic heterocycles. The minimum absolute atomic E-state index is 0.0969. The first kappa shape index (κ1) is 15.5. The number of para-hydroxylation sites is 1. The van der Waals surface area contributed by atoms with Crippen LogP contribution in [0, 0.1) is 6.92 Å². The van der Waals surface area contributed by atoms with E-state index in [2.05, 4.69) is 33.7 Å². The lowest BCUT2D eigenvalue weighted by Gasteiger charge is -2.09. The van der Waals surface area contributed by atoms with Gasteiger partial charge in [0.2, 0.25) is 0 Å². The van der Waals surface area contributed by atoms with Crippen LogP contribution in [0.25, 0.3) is 22.6 Å². The minimum atomic E-state index is -2.88. The van der Waals surface area contributed by atoms with Crippen molar-refractivity contribution in [3.8, 4) is 17.1 Å². The number of aromatic nitrogens is 4. The summed E-state index contributed by atoms with van der Waals surface area (Å²) >= 11 is 0. The Morgan fingerprint density at radius 2 is 2.04 bits per heavy atom. The number of nitrogens with zero attached hydrogens (tertiary/aromatic N) is 3. The fraction of sp³-hybridized carbons (Fsp3) is 0.375. The van der Waals surface area contributed by atoms with Crippen molar-refractivity contribution in [1.29, 1.82) is 0 Å². The lowest BCUT2D eigenvalue weighted by atomic mass is 10.2. The highest BCUT2D eigenvalue weighted by atomic mass is 19.3. The molecule has 0 unspecified atom stereocenters. The third-order valence-electron chi connectivity index (χ3n) is 3.89. The standard InChI is InChI=1S/C16H18F2N4O/c1-4-9(2)22-15-13(10(3)21-22)19-14(20-15)11-7-5-6-8-12(11)23-16(17)18/h5-9,16H,4H2,1-3H3,(H,19,20)/t9-/m0/s1. The van der Waals surface area contributed by atoms with Gasteiger partial charge in [-0.1, -0.05) is 19.1 Å². The number of aryl methyl sites for hydroxylation is 1. The molecular weight excluding hydrogens is 302 g/mol. The largest absolute Gasteiger partial charge is 0.434 e. The average Bonchev–Trinajstić information content (AvgIpc) is 3.07. The normalized spacial score (nSPS) is 13.0. The van der Waals surface area contributed by atoms with Crippen LogP contribution in [0.1, 0.15) is 32.0 Å². The highest BCUT2D eigenvalue weighted by molar-refractivity contribution is 5.80. The van der Waals surface area contributed by atoms with E-state index >= 15 is 0 Å². The van der Waals surface area contributed by atoms with E-state index in [9.17, 15) is 8.78 Å². The Bertz CT molecular complexity index is 825. The zero-order chi connectivity index (χ0) is 16.6. The van der Waals surface area contributed by atoms with Gasteiger partial charge in [0.1, 0.15) is 17.1 Å². The van der Waals surface area contributed by atoms with E-state index in [1.807, 2.05) is 11.6 Å². The van der Waals surface area contributed by atoms with Gasteiger partial charge in [0, 0.05) is 0 Å². The Balaban J connectivity index is 2.12. The van der Waals surface area contributed by atoms with E-state index in [0.717, 1.165) is 23.3 Å². The molecule has 3 aromatic rings. The van der Waals surface area contributed by atoms with E-state index in [1.165, 1.54) is 6.07 Å². The summed E-state index contributed by atoms with van der Waals surface area (Å²) in [6.07, 6.45) is 0.920. The summed E-state index contributed by atoms with van der Waals surface area (Å²) in [5.74, 6) is 0.591. The van der Waals surface area contributed by atoms with Crippen LogP contribution in [0.15, 0.2) is 24.3 Å². The molecule has 0 radical (unpaired) electrons. The van der Waals surface area contributed by atoms with Crippen molar-refractivity contribution in [3.63, 3.8) is 0 Å². The Kier molecular flexibility index (Phi) is 4.02. The highest BCUT2D eigenvalue weighted by Crippen LogP contribution is 2.31. The smallest absolute Gasteiger partial charge is 0.387 e. The summed E-state index contributed by atoms with van der Waals surface area (Å²) in [6.45, 7) is 3.16. The number of H-pyrrole nitrogens is 1. The molecular formula is C16H18F2N4O. The van der Waals surface area contributed by atoms with Gasteiger partial charge in [0.25, 0.3) is 0 Å². The average molecular weight is 320 g/mol. The van der Waals surface area contributed by atoms with Crippen LogP contribution in [0.4, 0.5) is 8.78 Å². The molecule has 2 heterocycles. The number of fused-ring (bicyclic) bond motifs is 1. The van der Waals surface area contributed by atoms with Gasteiger partial charge in [-0.15, -0.1) is 0 Å². The molecule has 1 atom stereocenters.